The van der Waals surface area contributed by atoms with E-state index < -0.39 is 31.9 Å². The summed E-state index contributed by atoms with van der Waals surface area (Å²) in [5, 5.41) is 4.49. The molecule has 2 aromatic rings. The molecule has 34 heavy (non-hydrogen) atoms. The van der Waals surface area contributed by atoms with Crippen molar-refractivity contribution >= 4 is 31.0 Å². The van der Waals surface area contributed by atoms with Crippen LogP contribution in [0.3, 0.4) is 0 Å². The van der Waals surface area contributed by atoms with E-state index in [0.29, 0.717) is 0 Å². The third-order valence-corrected chi connectivity index (χ3v) is 6.98. The van der Waals surface area contributed by atoms with E-state index in [0.717, 1.165) is 16.2 Å². The molecule has 0 saturated carbocycles. The van der Waals surface area contributed by atoms with E-state index in [-0.39, 0.29) is 94.3 Å². The molecule has 4 aliphatic rings. The first kappa shape index (κ1) is 26.0. The minimum Gasteiger partial charge on any atom is -0.780 e. The Bertz CT molecular complexity index is 1210. The van der Waals surface area contributed by atoms with Gasteiger partial charge >= 0.3 is 59.1 Å². The zero-order valence-electron chi connectivity index (χ0n) is 18.4. The Morgan fingerprint density at radius 3 is 2.15 bits per heavy atom. The van der Waals surface area contributed by atoms with Crippen molar-refractivity contribution < 1.29 is 92.3 Å². The van der Waals surface area contributed by atoms with Crippen molar-refractivity contribution in [1.82, 2.24) is 5.43 Å². The van der Waals surface area contributed by atoms with Crippen LogP contribution >= 0.6 is 7.82 Å². The van der Waals surface area contributed by atoms with Gasteiger partial charge in [0.25, 0.3) is 0 Å². The van der Waals surface area contributed by atoms with Crippen molar-refractivity contribution in [3.63, 3.8) is 0 Å². The summed E-state index contributed by atoms with van der Waals surface area (Å²) in [6.07, 6.45) is -0.948. The van der Waals surface area contributed by atoms with Crippen molar-refractivity contribution in [2.75, 3.05) is 4.90 Å². The van der Waals surface area contributed by atoms with E-state index in [9.17, 15) is 23.9 Å². The zero-order valence-corrected chi connectivity index (χ0v) is 23.3. The molecule has 2 aromatic carbocycles. The number of ether oxygens (including phenoxy) is 1. The SMILES string of the molecule is O=C1C2C3OC(C4C(c5ccccc5)=NNC34)C2C(=O)N1c1ccc(OP(=O)([O-])[O-])cc1.[Na+].[Na+]. The predicted molar refractivity (Wildman–Crippen MR) is 106 cm³/mol. The quantitative estimate of drug-likeness (QED) is 0.249. The van der Waals surface area contributed by atoms with Gasteiger partial charge in [-0.15, -0.1) is 0 Å². The van der Waals surface area contributed by atoms with Gasteiger partial charge in [-0.05, 0) is 29.8 Å². The van der Waals surface area contributed by atoms with E-state index in [4.69, 9.17) is 4.74 Å². The number of carbonyl (C=O) groups excluding carboxylic acids is 2. The predicted octanol–water partition coefficient (Wildman–Crippen LogP) is -6.22. The molecule has 164 valence electrons. The number of imide groups is 1. The van der Waals surface area contributed by atoms with Crippen LogP contribution in [0.25, 0.3) is 0 Å². The molecule has 0 radical (unpaired) electrons. The molecule has 4 aliphatic heterocycles. The molecule has 3 saturated heterocycles. The average Bonchev–Trinajstić information content (AvgIpc) is 3.49. The summed E-state index contributed by atoms with van der Waals surface area (Å²) in [6, 6.07) is 14.7. The molecule has 6 rings (SSSR count). The van der Waals surface area contributed by atoms with Gasteiger partial charge < -0.3 is 29.0 Å². The molecule has 13 heteroatoms. The first-order valence-corrected chi connectivity index (χ1v) is 11.5. The molecule has 1 N–H and O–H groups in total. The first-order valence-electron chi connectivity index (χ1n) is 10.1. The number of fused-ring (bicyclic) bond motifs is 8. The van der Waals surface area contributed by atoms with Crippen LogP contribution in [0.4, 0.5) is 5.69 Å². The summed E-state index contributed by atoms with van der Waals surface area (Å²) in [5.41, 5.74) is 5.15. The number of phosphoric acid groups is 1. The molecule has 6 unspecified atom stereocenters. The second-order valence-corrected chi connectivity index (χ2v) is 9.28. The Labute approximate surface area is 238 Å². The number of anilines is 1. The third kappa shape index (κ3) is 4.04. The fourth-order valence-corrected chi connectivity index (χ4v) is 5.76. The summed E-state index contributed by atoms with van der Waals surface area (Å²) in [7, 11) is -5.20. The number of nitrogens with one attached hydrogen (secondary N) is 1. The largest absolute Gasteiger partial charge is 1.00 e. The number of hydrazone groups is 1. The van der Waals surface area contributed by atoms with Crippen LogP contribution < -0.4 is 83.8 Å². The molecule has 0 spiro atoms. The van der Waals surface area contributed by atoms with Crippen molar-refractivity contribution in [2.45, 2.75) is 18.2 Å². The molecule has 2 bridgehead atoms. The van der Waals surface area contributed by atoms with E-state index in [1.54, 1.807) is 0 Å². The Hall–Kier alpha value is -1.04. The number of benzene rings is 2. The Morgan fingerprint density at radius 1 is 0.912 bits per heavy atom. The third-order valence-electron chi connectivity index (χ3n) is 6.55. The number of phosphoric ester groups is 1. The summed E-state index contributed by atoms with van der Waals surface area (Å²) in [6.45, 7) is 0. The summed E-state index contributed by atoms with van der Waals surface area (Å²) >= 11 is 0. The molecule has 4 heterocycles. The minimum atomic E-state index is -5.20. The number of rotatable bonds is 4. The minimum absolute atomic E-state index is 0. The molecule has 0 aromatic heterocycles. The fraction of sp³-hybridized carbons (Fsp3) is 0.286. The Morgan fingerprint density at radius 2 is 1.53 bits per heavy atom. The normalized spacial score (nSPS) is 30.6. The number of amides is 2. The molecule has 0 aliphatic carbocycles. The molecule has 3 fully saturated rings. The maximum Gasteiger partial charge on any atom is 1.00 e. The van der Waals surface area contributed by atoms with Crippen molar-refractivity contribution in [3.05, 3.63) is 60.2 Å². The molecule has 6 atom stereocenters. The zero-order chi connectivity index (χ0) is 22.2. The molecular weight excluding hydrogens is 483 g/mol. The van der Waals surface area contributed by atoms with E-state index in [1.807, 2.05) is 30.3 Å². The standard InChI is InChI=1S/C21H18N3O7P.2Na/c25-20-13-14(21(26)24(20)11-6-8-12(9-7-11)31-32(27,28)29)19-17-15(18(13)30-19)16(22-23-17)10-4-2-1-3-5-10;;/h1-9,13-15,17-19,23H,(H2,27,28,29);;/q;2*+1/p-2. The van der Waals surface area contributed by atoms with Gasteiger partial charge in [0.2, 0.25) is 11.8 Å². The Balaban J connectivity index is 0.00000137. The van der Waals surface area contributed by atoms with E-state index >= 15 is 0 Å². The number of nitrogens with zero attached hydrogens (tertiary/aromatic N) is 2. The van der Waals surface area contributed by atoms with Gasteiger partial charge in [-0.2, -0.15) is 5.10 Å². The van der Waals surface area contributed by atoms with Crippen LogP contribution in [0, 0.1) is 17.8 Å². The van der Waals surface area contributed by atoms with E-state index in [1.165, 1.54) is 24.3 Å². The van der Waals surface area contributed by atoms with Gasteiger partial charge in [0.1, 0.15) is 13.6 Å². The second-order valence-electron chi connectivity index (χ2n) is 8.20. The van der Waals surface area contributed by atoms with Crippen LogP contribution in [-0.4, -0.2) is 35.8 Å². The van der Waals surface area contributed by atoms with Crippen LogP contribution in [-0.2, 0) is 18.9 Å². The average molecular weight is 499 g/mol. The van der Waals surface area contributed by atoms with Crippen molar-refractivity contribution in [3.8, 4) is 5.75 Å². The summed E-state index contributed by atoms with van der Waals surface area (Å²) < 4.78 is 21.2. The fourth-order valence-electron chi connectivity index (χ4n) is 5.38. The molecule has 2 amide bonds. The number of carbonyl (C=O) groups is 2. The molecular formula is C21H16N3Na2O7P. The maximum absolute atomic E-state index is 13.3. The van der Waals surface area contributed by atoms with Crippen molar-refractivity contribution in [1.29, 1.82) is 0 Å². The topological polar surface area (TPSA) is 143 Å². The van der Waals surface area contributed by atoms with Gasteiger partial charge in [-0.25, -0.2) is 4.90 Å². The second kappa shape index (κ2) is 9.44. The van der Waals surface area contributed by atoms with Gasteiger partial charge in [-0.3, -0.25) is 9.59 Å². The van der Waals surface area contributed by atoms with Gasteiger partial charge in [0, 0.05) is 0 Å². The maximum atomic E-state index is 13.3. The van der Waals surface area contributed by atoms with Crippen LogP contribution in [0.1, 0.15) is 5.56 Å². The summed E-state index contributed by atoms with van der Waals surface area (Å²) in [4.78, 5) is 49.2. The Kier molecular flexibility index (Phi) is 7.23. The van der Waals surface area contributed by atoms with Gasteiger partial charge in [0.15, 0.2) is 0 Å². The van der Waals surface area contributed by atoms with Gasteiger partial charge in [-0.1, -0.05) is 30.3 Å². The van der Waals surface area contributed by atoms with E-state index in [2.05, 4.69) is 15.1 Å². The first-order chi connectivity index (χ1) is 15.3. The van der Waals surface area contributed by atoms with Gasteiger partial charge in [0.05, 0.1) is 47.4 Å². The smallest absolute Gasteiger partial charge is 0.780 e. The van der Waals surface area contributed by atoms with Crippen LogP contribution in [0.5, 0.6) is 5.75 Å². The van der Waals surface area contributed by atoms with Crippen molar-refractivity contribution in [2.24, 2.45) is 22.9 Å². The molecule has 10 nitrogen and oxygen atoms in total. The number of hydrogen-bond donors (Lipinski definition) is 1. The van der Waals surface area contributed by atoms with Crippen LogP contribution in [0.15, 0.2) is 59.7 Å². The monoisotopic (exact) mass is 499 g/mol. The van der Waals surface area contributed by atoms with Crippen LogP contribution in [0.2, 0.25) is 0 Å². The number of hydrogen-bond acceptors (Lipinski definition) is 9. The summed E-state index contributed by atoms with van der Waals surface area (Å²) in [5.74, 6) is -2.30.